The first-order valence-electron chi connectivity index (χ1n) is 10.4. The van der Waals surface area contributed by atoms with Gasteiger partial charge in [0.15, 0.2) is 0 Å². The summed E-state index contributed by atoms with van der Waals surface area (Å²) in [6, 6.07) is 12.9. The summed E-state index contributed by atoms with van der Waals surface area (Å²) in [6.07, 6.45) is 2.46. The number of halogens is 1. The van der Waals surface area contributed by atoms with Gasteiger partial charge in [0.1, 0.15) is 11.9 Å². The summed E-state index contributed by atoms with van der Waals surface area (Å²) in [6.45, 7) is 8.43. The molecule has 2 aromatic carbocycles. The van der Waals surface area contributed by atoms with Crippen LogP contribution >= 0.6 is 24.2 Å². The Morgan fingerprint density at radius 1 is 1.00 bits per heavy atom. The van der Waals surface area contributed by atoms with Crippen LogP contribution in [0.5, 0.6) is 5.75 Å². The summed E-state index contributed by atoms with van der Waals surface area (Å²) in [4.78, 5) is 17.2. The van der Waals surface area contributed by atoms with Crippen LogP contribution in [0.15, 0.2) is 36.4 Å². The molecule has 29 heavy (non-hydrogen) atoms. The lowest BCUT2D eigenvalue weighted by Crippen LogP contribution is -2.41. The number of benzene rings is 2. The fraction of sp³-hybridized carbons (Fsp3) is 0.522. The minimum Gasteiger partial charge on any atom is -0.490 e. The molecule has 2 aliphatic heterocycles. The minimum absolute atomic E-state index is 0. The lowest BCUT2D eigenvalue weighted by Gasteiger charge is -2.34. The van der Waals surface area contributed by atoms with Crippen LogP contribution in [0.3, 0.4) is 0 Å². The number of fused-ring (bicyclic) bond motifs is 1. The van der Waals surface area contributed by atoms with E-state index in [4.69, 9.17) is 4.74 Å². The van der Waals surface area contributed by atoms with Gasteiger partial charge in [-0.1, -0.05) is 12.1 Å². The molecule has 2 heterocycles. The van der Waals surface area contributed by atoms with E-state index in [1.807, 2.05) is 34.9 Å². The smallest absolute Gasteiger partial charge is 0.253 e. The normalized spacial score (nSPS) is 18.7. The molecule has 0 bridgehead atoms. The van der Waals surface area contributed by atoms with E-state index in [-0.39, 0.29) is 18.3 Å². The molecule has 2 aliphatic rings. The number of thioether (sulfide) groups is 1. The summed E-state index contributed by atoms with van der Waals surface area (Å²) in [5.74, 6) is 3.16. The molecule has 0 unspecified atom stereocenters. The third-order valence-corrected chi connectivity index (χ3v) is 6.81. The Bertz CT molecular complexity index is 831. The lowest BCUT2D eigenvalue weighted by atomic mass is 10.0. The van der Waals surface area contributed by atoms with Crippen LogP contribution < -0.4 is 4.74 Å². The second-order valence-electron chi connectivity index (χ2n) is 8.08. The van der Waals surface area contributed by atoms with Crippen LogP contribution in [0.2, 0.25) is 0 Å². The molecule has 0 spiro atoms. The zero-order chi connectivity index (χ0) is 19.5. The zero-order valence-electron chi connectivity index (χ0n) is 17.3. The number of carbonyl (C=O) groups excluding carboxylic acids is 1. The minimum atomic E-state index is 0. The van der Waals surface area contributed by atoms with Gasteiger partial charge in [0, 0.05) is 49.3 Å². The third-order valence-electron chi connectivity index (χ3n) is 5.87. The Hall–Kier alpha value is -1.43. The van der Waals surface area contributed by atoms with E-state index >= 15 is 0 Å². The van der Waals surface area contributed by atoms with Crippen molar-refractivity contribution in [2.45, 2.75) is 38.8 Å². The van der Waals surface area contributed by atoms with Crippen molar-refractivity contribution in [1.82, 2.24) is 9.80 Å². The number of likely N-dealkylation sites (tertiary alicyclic amines) is 1. The second-order valence-corrected chi connectivity index (χ2v) is 9.30. The van der Waals surface area contributed by atoms with E-state index in [1.165, 1.54) is 0 Å². The number of rotatable bonds is 4. The number of amides is 1. The van der Waals surface area contributed by atoms with E-state index in [1.54, 1.807) is 0 Å². The van der Waals surface area contributed by atoms with E-state index < -0.39 is 0 Å². The van der Waals surface area contributed by atoms with Crippen LogP contribution in [0, 0.1) is 0 Å². The van der Waals surface area contributed by atoms with Crippen LogP contribution in [0.25, 0.3) is 10.8 Å². The van der Waals surface area contributed by atoms with Crippen LogP contribution in [-0.4, -0.2) is 65.5 Å². The summed E-state index contributed by atoms with van der Waals surface area (Å²) in [5.41, 5.74) is 0.786. The highest BCUT2D eigenvalue weighted by Crippen LogP contribution is 2.26. The summed E-state index contributed by atoms with van der Waals surface area (Å²) in [7, 11) is 0. The molecular formula is C23H31ClN2O2S. The molecule has 0 N–H and O–H groups in total. The van der Waals surface area contributed by atoms with Gasteiger partial charge in [-0.2, -0.15) is 11.8 Å². The SMILES string of the molecule is CC(C)N1CCC(Oc2ccc3cc(C(=O)N4CCSCC4)ccc3c2)CC1.Cl. The summed E-state index contributed by atoms with van der Waals surface area (Å²) in [5, 5.41) is 2.22. The number of piperidine rings is 1. The average Bonchev–Trinajstić information content (AvgIpc) is 2.74. The highest BCUT2D eigenvalue weighted by molar-refractivity contribution is 7.99. The largest absolute Gasteiger partial charge is 0.490 e. The van der Waals surface area contributed by atoms with Gasteiger partial charge in [-0.25, -0.2) is 0 Å². The Labute approximate surface area is 184 Å². The molecular weight excluding hydrogens is 404 g/mol. The topological polar surface area (TPSA) is 32.8 Å². The molecule has 158 valence electrons. The van der Waals surface area contributed by atoms with Crippen molar-refractivity contribution in [3.8, 4) is 5.75 Å². The first kappa shape index (κ1) is 22.3. The van der Waals surface area contributed by atoms with Gasteiger partial charge in [0.05, 0.1) is 0 Å². The van der Waals surface area contributed by atoms with Gasteiger partial charge in [0.2, 0.25) is 0 Å². The van der Waals surface area contributed by atoms with Crippen molar-refractivity contribution in [3.05, 3.63) is 42.0 Å². The van der Waals surface area contributed by atoms with Gasteiger partial charge in [-0.15, -0.1) is 12.4 Å². The van der Waals surface area contributed by atoms with Crippen molar-refractivity contribution < 1.29 is 9.53 Å². The standard InChI is InChI=1S/C23H30N2O2S.ClH/c1-17(2)24-9-7-21(8-10-24)27-22-6-5-18-15-20(4-3-19(18)16-22)23(26)25-11-13-28-14-12-25;/h3-6,15-17,21H,7-14H2,1-2H3;1H. The molecule has 4 nitrogen and oxygen atoms in total. The first-order chi connectivity index (χ1) is 13.6. The quantitative estimate of drug-likeness (QED) is 0.698. The molecule has 0 radical (unpaired) electrons. The maximum Gasteiger partial charge on any atom is 0.253 e. The Balaban J connectivity index is 0.00000240. The molecule has 2 fully saturated rings. The maximum absolute atomic E-state index is 12.7. The lowest BCUT2D eigenvalue weighted by molar-refractivity contribution is 0.0772. The van der Waals surface area contributed by atoms with Crippen LogP contribution in [0.4, 0.5) is 0 Å². The van der Waals surface area contributed by atoms with E-state index in [2.05, 4.69) is 36.9 Å². The number of nitrogens with zero attached hydrogens (tertiary/aromatic N) is 2. The number of hydrogen-bond donors (Lipinski definition) is 0. The summed E-state index contributed by atoms with van der Waals surface area (Å²) < 4.78 is 6.26. The first-order valence-corrected chi connectivity index (χ1v) is 11.6. The zero-order valence-corrected chi connectivity index (χ0v) is 18.9. The average molecular weight is 435 g/mol. The van der Waals surface area contributed by atoms with Gasteiger partial charge in [-0.3, -0.25) is 4.79 Å². The molecule has 1 amide bonds. The van der Waals surface area contributed by atoms with Crippen molar-refractivity contribution in [1.29, 1.82) is 0 Å². The van der Waals surface area contributed by atoms with Crippen LogP contribution in [0.1, 0.15) is 37.0 Å². The molecule has 4 rings (SSSR count). The molecule has 6 heteroatoms. The van der Waals surface area contributed by atoms with E-state index in [0.717, 1.165) is 72.6 Å². The van der Waals surface area contributed by atoms with Crippen molar-refractivity contribution in [2.75, 3.05) is 37.7 Å². The fourth-order valence-corrected chi connectivity index (χ4v) is 4.98. The number of ether oxygens (including phenoxy) is 1. The highest BCUT2D eigenvalue weighted by atomic mass is 35.5. The van der Waals surface area contributed by atoms with Gasteiger partial charge in [0.25, 0.3) is 5.91 Å². The monoisotopic (exact) mass is 434 g/mol. The Morgan fingerprint density at radius 2 is 1.66 bits per heavy atom. The molecule has 0 aromatic heterocycles. The Kier molecular flexibility index (Phi) is 7.72. The molecule has 2 aromatic rings. The van der Waals surface area contributed by atoms with Crippen molar-refractivity contribution in [2.24, 2.45) is 0 Å². The number of hydrogen-bond acceptors (Lipinski definition) is 4. The maximum atomic E-state index is 12.7. The highest BCUT2D eigenvalue weighted by Gasteiger charge is 2.22. The van der Waals surface area contributed by atoms with Gasteiger partial charge in [-0.05, 0) is 61.7 Å². The third kappa shape index (κ3) is 5.39. The van der Waals surface area contributed by atoms with Crippen molar-refractivity contribution in [3.63, 3.8) is 0 Å². The van der Waals surface area contributed by atoms with E-state index in [0.29, 0.717) is 12.1 Å². The molecule has 2 saturated heterocycles. The summed E-state index contributed by atoms with van der Waals surface area (Å²) >= 11 is 1.92. The predicted molar refractivity (Wildman–Crippen MR) is 125 cm³/mol. The predicted octanol–water partition coefficient (Wildman–Crippen LogP) is 4.70. The molecule has 0 atom stereocenters. The van der Waals surface area contributed by atoms with Crippen LogP contribution in [-0.2, 0) is 0 Å². The van der Waals surface area contributed by atoms with Gasteiger partial charge >= 0.3 is 0 Å². The fourth-order valence-electron chi connectivity index (χ4n) is 4.08. The van der Waals surface area contributed by atoms with Crippen molar-refractivity contribution >= 4 is 40.8 Å². The second kappa shape index (κ2) is 10.1. The Morgan fingerprint density at radius 3 is 2.34 bits per heavy atom. The number of carbonyl (C=O) groups is 1. The molecule has 0 saturated carbocycles. The molecule has 0 aliphatic carbocycles. The van der Waals surface area contributed by atoms with Gasteiger partial charge < -0.3 is 14.5 Å². The van der Waals surface area contributed by atoms with E-state index in [9.17, 15) is 4.79 Å².